The molecular weight excluding hydrogens is 240 g/mol. The predicted molar refractivity (Wildman–Crippen MR) is 72.1 cm³/mol. The van der Waals surface area contributed by atoms with Crippen molar-refractivity contribution in [3.63, 3.8) is 0 Å². The molecule has 2 atom stereocenters. The van der Waals surface area contributed by atoms with Crippen molar-refractivity contribution in [1.82, 2.24) is 4.98 Å². The zero-order valence-corrected chi connectivity index (χ0v) is 10.7. The first kappa shape index (κ1) is 12.0. The molecule has 0 bridgehead atoms. The number of fused-ring (bicyclic) bond motifs is 1. The van der Waals surface area contributed by atoms with Gasteiger partial charge in [0.15, 0.2) is 0 Å². The number of pyridine rings is 1. The van der Waals surface area contributed by atoms with Gasteiger partial charge in [-0.15, -0.1) is 0 Å². The third-order valence-corrected chi connectivity index (χ3v) is 3.40. The minimum Gasteiger partial charge on any atom is -0.485 e. The highest BCUT2D eigenvalue weighted by Gasteiger charge is 2.26. The Kier molecular flexibility index (Phi) is 3.09. The average molecular weight is 256 g/mol. The van der Waals surface area contributed by atoms with Crippen LogP contribution < -0.4 is 15.2 Å². The lowest BCUT2D eigenvalue weighted by Gasteiger charge is -2.30. The standard InChI is InChI=1S/C15H16N2O2/c1-18-15-7-6-10(9-17-15)14-8-12(16)11-4-2-3-5-13(11)19-14/h2-7,9,12,14H,8,16H2,1H3/t12-,14?/m0/s1. The molecule has 1 unspecified atom stereocenters. The van der Waals surface area contributed by atoms with Crippen molar-refractivity contribution in [2.45, 2.75) is 18.6 Å². The number of benzene rings is 1. The lowest BCUT2D eigenvalue weighted by molar-refractivity contribution is 0.161. The van der Waals surface area contributed by atoms with E-state index in [1.807, 2.05) is 36.4 Å². The lowest BCUT2D eigenvalue weighted by atomic mass is 9.94. The van der Waals surface area contributed by atoms with Crippen molar-refractivity contribution in [2.24, 2.45) is 5.73 Å². The van der Waals surface area contributed by atoms with E-state index in [0.717, 1.165) is 23.3 Å². The van der Waals surface area contributed by atoms with Crippen LogP contribution in [0.4, 0.5) is 0 Å². The molecule has 0 radical (unpaired) electrons. The Morgan fingerprint density at radius 1 is 1.26 bits per heavy atom. The van der Waals surface area contributed by atoms with Crippen LogP contribution in [0.1, 0.15) is 29.7 Å². The fourth-order valence-corrected chi connectivity index (χ4v) is 2.36. The van der Waals surface area contributed by atoms with Crippen molar-refractivity contribution in [3.05, 3.63) is 53.7 Å². The normalized spacial score (nSPS) is 21.4. The van der Waals surface area contributed by atoms with Gasteiger partial charge in [0.1, 0.15) is 11.9 Å². The van der Waals surface area contributed by atoms with Crippen molar-refractivity contribution in [3.8, 4) is 11.6 Å². The summed E-state index contributed by atoms with van der Waals surface area (Å²) in [6.07, 6.45) is 2.48. The second kappa shape index (κ2) is 4.90. The minimum absolute atomic E-state index is 0.00273. The molecule has 0 spiro atoms. The highest BCUT2D eigenvalue weighted by Crippen LogP contribution is 2.39. The third-order valence-electron chi connectivity index (χ3n) is 3.40. The molecule has 0 aliphatic carbocycles. The number of nitrogens with zero attached hydrogens (tertiary/aromatic N) is 1. The molecule has 0 fully saturated rings. The number of aromatic nitrogens is 1. The van der Waals surface area contributed by atoms with E-state index in [1.165, 1.54) is 0 Å². The molecule has 1 aliphatic rings. The third kappa shape index (κ3) is 2.27. The molecule has 1 aromatic carbocycles. The first-order valence-electron chi connectivity index (χ1n) is 6.29. The van der Waals surface area contributed by atoms with E-state index in [1.54, 1.807) is 13.3 Å². The van der Waals surface area contributed by atoms with Gasteiger partial charge in [0, 0.05) is 35.9 Å². The summed E-state index contributed by atoms with van der Waals surface area (Å²) in [5.41, 5.74) is 8.29. The maximum Gasteiger partial charge on any atom is 0.212 e. The van der Waals surface area contributed by atoms with E-state index in [-0.39, 0.29) is 12.1 Å². The van der Waals surface area contributed by atoms with E-state index in [4.69, 9.17) is 15.2 Å². The predicted octanol–water partition coefficient (Wildman–Crippen LogP) is 2.61. The van der Waals surface area contributed by atoms with E-state index in [0.29, 0.717) is 5.88 Å². The summed E-state index contributed by atoms with van der Waals surface area (Å²) in [6, 6.07) is 11.7. The van der Waals surface area contributed by atoms with Crippen LogP contribution in [0.2, 0.25) is 0 Å². The van der Waals surface area contributed by atoms with Crippen molar-refractivity contribution in [2.75, 3.05) is 7.11 Å². The van der Waals surface area contributed by atoms with Gasteiger partial charge < -0.3 is 15.2 Å². The summed E-state index contributed by atoms with van der Waals surface area (Å²) in [5.74, 6) is 1.46. The zero-order chi connectivity index (χ0) is 13.2. The van der Waals surface area contributed by atoms with E-state index in [2.05, 4.69) is 4.98 Å². The van der Waals surface area contributed by atoms with Crippen LogP contribution in [0.15, 0.2) is 42.6 Å². The van der Waals surface area contributed by atoms with Crippen LogP contribution in [-0.4, -0.2) is 12.1 Å². The SMILES string of the molecule is COc1ccc(C2C[C@H](N)c3ccccc3O2)cn1. The van der Waals surface area contributed by atoms with Crippen LogP contribution in [0.25, 0.3) is 0 Å². The van der Waals surface area contributed by atoms with E-state index in [9.17, 15) is 0 Å². The topological polar surface area (TPSA) is 57.4 Å². The Hall–Kier alpha value is -2.07. The van der Waals surface area contributed by atoms with Crippen LogP contribution >= 0.6 is 0 Å². The summed E-state index contributed by atoms with van der Waals surface area (Å²) < 4.78 is 11.1. The monoisotopic (exact) mass is 256 g/mol. The zero-order valence-electron chi connectivity index (χ0n) is 10.7. The Balaban J connectivity index is 1.87. The van der Waals surface area contributed by atoms with Gasteiger partial charge in [0.2, 0.25) is 5.88 Å². The van der Waals surface area contributed by atoms with Gasteiger partial charge in [-0.25, -0.2) is 4.98 Å². The number of rotatable bonds is 2. The molecule has 98 valence electrons. The van der Waals surface area contributed by atoms with Crippen LogP contribution in [-0.2, 0) is 0 Å². The van der Waals surface area contributed by atoms with Crippen molar-refractivity contribution >= 4 is 0 Å². The first-order chi connectivity index (χ1) is 9.28. The van der Waals surface area contributed by atoms with Crippen LogP contribution in [0.5, 0.6) is 11.6 Å². The summed E-state index contributed by atoms with van der Waals surface area (Å²) in [5, 5.41) is 0. The number of para-hydroxylation sites is 1. The maximum atomic E-state index is 6.21. The molecule has 19 heavy (non-hydrogen) atoms. The highest BCUT2D eigenvalue weighted by molar-refractivity contribution is 5.39. The molecule has 0 amide bonds. The van der Waals surface area contributed by atoms with Crippen molar-refractivity contribution in [1.29, 1.82) is 0 Å². The fourth-order valence-electron chi connectivity index (χ4n) is 2.36. The fraction of sp³-hybridized carbons (Fsp3) is 0.267. The number of hydrogen-bond donors (Lipinski definition) is 1. The smallest absolute Gasteiger partial charge is 0.212 e. The van der Waals surface area contributed by atoms with Gasteiger partial charge in [-0.1, -0.05) is 18.2 Å². The first-order valence-corrected chi connectivity index (χ1v) is 6.29. The lowest BCUT2D eigenvalue weighted by Crippen LogP contribution is -2.24. The molecule has 2 heterocycles. The Labute approximate surface area is 112 Å². The van der Waals surface area contributed by atoms with Gasteiger partial charge in [0.05, 0.1) is 7.11 Å². The van der Waals surface area contributed by atoms with Gasteiger partial charge in [0.25, 0.3) is 0 Å². The maximum absolute atomic E-state index is 6.21. The second-order valence-electron chi connectivity index (χ2n) is 4.62. The molecule has 4 heteroatoms. The molecular formula is C15H16N2O2. The molecule has 3 rings (SSSR count). The van der Waals surface area contributed by atoms with Crippen LogP contribution in [0.3, 0.4) is 0 Å². The Morgan fingerprint density at radius 3 is 2.84 bits per heavy atom. The van der Waals surface area contributed by atoms with E-state index >= 15 is 0 Å². The Morgan fingerprint density at radius 2 is 2.11 bits per heavy atom. The second-order valence-corrected chi connectivity index (χ2v) is 4.62. The molecule has 0 saturated carbocycles. The average Bonchev–Trinajstić information content (AvgIpc) is 2.47. The summed E-state index contributed by atoms with van der Waals surface area (Å²) in [6.45, 7) is 0. The van der Waals surface area contributed by atoms with Crippen LogP contribution in [0, 0.1) is 0 Å². The summed E-state index contributed by atoms with van der Waals surface area (Å²) >= 11 is 0. The van der Waals surface area contributed by atoms with Gasteiger partial charge >= 0.3 is 0 Å². The largest absolute Gasteiger partial charge is 0.485 e. The van der Waals surface area contributed by atoms with E-state index < -0.39 is 0 Å². The number of hydrogen-bond acceptors (Lipinski definition) is 4. The number of methoxy groups -OCH3 is 1. The quantitative estimate of drug-likeness (QED) is 0.897. The van der Waals surface area contributed by atoms with Gasteiger partial charge in [-0.05, 0) is 12.1 Å². The van der Waals surface area contributed by atoms with Gasteiger partial charge in [-0.3, -0.25) is 0 Å². The molecule has 4 nitrogen and oxygen atoms in total. The molecule has 1 aliphatic heterocycles. The number of nitrogens with two attached hydrogens (primary N) is 1. The molecule has 2 N–H and O–H groups in total. The minimum atomic E-state index is -0.0525. The Bertz CT molecular complexity index is 569. The molecule has 2 aromatic rings. The molecule has 0 saturated heterocycles. The molecule has 1 aromatic heterocycles. The summed E-state index contributed by atoms with van der Waals surface area (Å²) in [4.78, 5) is 4.21. The highest BCUT2D eigenvalue weighted by atomic mass is 16.5. The van der Waals surface area contributed by atoms with Crippen molar-refractivity contribution < 1.29 is 9.47 Å². The van der Waals surface area contributed by atoms with Gasteiger partial charge in [-0.2, -0.15) is 0 Å². The number of ether oxygens (including phenoxy) is 2. The summed E-state index contributed by atoms with van der Waals surface area (Å²) in [7, 11) is 1.60.